The predicted octanol–water partition coefficient (Wildman–Crippen LogP) is -1.29. The van der Waals surface area contributed by atoms with Gasteiger partial charge in [0.25, 0.3) is 0 Å². The second-order valence-corrected chi connectivity index (χ2v) is 3.34. The number of aliphatic hydroxyl groups is 2. The highest BCUT2D eigenvalue weighted by Gasteiger charge is 2.60. The number of rotatable bonds is 0. The summed E-state index contributed by atoms with van der Waals surface area (Å²) in [5.74, 6) is -1.98. The standard InChI is InChI=1S/C8H8N4O2/c13-7(14)1-2-12-5-9-3-6-8(7,12)11-4-10-6/h1-5,13-14H,(H,10,11). The molecule has 0 saturated heterocycles. The molecule has 0 amide bonds. The molecule has 6 heteroatoms. The number of hydrogen-bond donors (Lipinski definition) is 3. The molecule has 0 aliphatic carbocycles. The lowest BCUT2D eigenvalue weighted by molar-refractivity contribution is -0.176. The van der Waals surface area contributed by atoms with E-state index in [1.165, 1.54) is 25.0 Å². The molecule has 72 valence electrons. The highest BCUT2D eigenvalue weighted by molar-refractivity contribution is 5.73. The van der Waals surface area contributed by atoms with Gasteiger partial charge in [0.1, 0.15) is 5.70 Å². The van der Waals surface area contributed by atoms with Crippen LogP contribution in [0.2, 0.25) is 0 Å². The largest absolute Gasteiger partial charge is 0.359 e. The quantitative estimate of drug-likeness (QED) is 0.417. The van der Waals surface area contributed by atoms with Crippen LogP contribution in [-0.2, 0) is 0 Å². The van der Waals surface area contributed by atoms with E-state index in [0.717, 1.165) is 0 Å². The molecule has 0 fully saturated rings. The average Bonchev–Trinajstić information content (AvgIpc) is 2.68. The molecular formula is C8H8N4O2. The molecule has 3 rings (SSSR count). The second kappa shape index (κ2) is 2.05. The van der Waals surface area contributed by atoms with Crippen molar-refractivity contribution in [1.29, 1.82) is 0 Å². The van der Waals surface area contributed by atoms with Crippen molar-refractivity contribution in [3.63, 3.8) is 0 Å². The highest BCUT2D eigenvalue weighted by atomic mass is 16.5. The van der Waals surface area contributed by atoms with Gasteiger partial charge in [0.15, 0.2) is 0 Å². The van der Waals surface area contributed by atoms with Crippen molar-refractivity contribution < 1.29 is 10.2 Å². The van der Waals surface area contributed by atoms with Gasteiger partial charge in [-0.2, -0.15) is 0 Å². The van der Waals surface area contributed by atoms with Gasteiger partial charge in [0, 0.05) is 6.20 Å². The van der Waals surface area contributed by atoms with Gasteiger partial charge >= 0.3 is 0 Å². The summed E-state index contributed by atoms with van der Waals surface area (Å²) in [5.41, 5.74) is -0.649. The zero-order valence-electron chi connectivity index (χ0n) is 7.12. The van der Waals surface area contributed by atoms with Crippen LogP contribution in [0.15, 0.2) is 34.2 Å². The predicted molar refractivity (Wildman–Crippen MR) is 49.1 cm³/mol. The van der Waals surface area contributed by atoms with E-state index in [1.807, 2.05) is 0 Å². The van der Waals surface area contributed by atoms with Gasteiger partial charge in [0.2, 0.25) is 11.4 Å². The van der Waals surface area contributed by atoms with Gasteiger partial charge in [-0.1, -0.05) is 0 Å². The molecule has 3 heterocycles. The zero-order valence-corrected chi connectivity index (χ0v) is 7.12. The summed E-state index contributed by atoms with van der Waals surface area (Å²) >= 11 is 0. The van der Waals surface area contributed by atoms with E-state index >= 15 is 0 Å². The number of aliphatic imine (C=N–C) groups is 2. The average molecular weight is 192 g/mol. The Kier molecular flexibility index (Phi) is 1.13. The molecule has 3 aliphatic rings. The molecule has 0 aromatic carbocycles. The van der Waals surface area contributed by atoms with Crippen LogP contribution in [0.25, 0.3) is 0 Å². The minimum absolute atomic E-state index is 0.481. The Hall–Kier alpha value is -1.66. The van der Waals surface area contributed by atoms with E-state index in [9.17, 15) is 10.2 Å². The maximum absolute atomic E-state index is 9.83. The normalized spacial score (nSPS) is 35.3. The topological polar surface area (TPSA) is 80.5 Å². The Labute approximate surface area is 79.6 Å². The van der Waals surface area contributed by atoms with Crippen LogP contribution < -0.4 is 5.32 Å². The summed E-state index contributed by atoms with van der Waals surface area (Å²) in [6, 6.07) is 0. The van der Waals surface area contributed by atoms with E-state index in [-0.39, 0.29) is 0 Å². The van der Waals surface area contributed by atoms with Crippen LogP contribution in [0.5, 0.6) is 0 Å². The molecule has 1 unspecified atom stereocenters. The maximum atomic E-state index is 9.83. The molecule has 0 bridgehead atoms. The minimum Gasteiger partial charge on any atom is -0.359 e. The van der Waals surface area contributed by atoms with Crippen LogP contribution in [-0.4, -0.2) is 39.2 Å². The summed E-state index contributed by atoms with van der Waals surface area (Å²) in [6.07, 6.45) is 7.29. The van der Waals surface area contributed by atoms with Crippen molar-refractivity contribution in [2.75, 3.05) is 0 Å². The lowest BCUT2D eigenvalue weighted by Gasteiger charge is -2.41. The Balaban J connectivity index is 2.21. The lowest BCUT2D eigenvalue weighted by atomic mass is 9.97. The second-order valence-electron chi connectivity index (χ2n) is 3.34. The van der Waals surface area contributed by atoms with Crippen molar-refractivity contribution in [2.24, 2.45) is 9.98 Å². The summed E-state index contributed by atoms with van der Waals surface area (Å²) < 4.78 is 0. The first kappa shape index (κ1) is 7.72. The highest BCUT2D eigenvalue weighted by Crippen LogP contribution is 2.41. The van der Waals surface area contributed by atoms with Gasteiger partial charge in [-0.3, -0.25) is 0 Å². The van der Waals surface area contributed by atoms with Crippen molar-refractivity contribution in [3.8, 4) is 0 Å². The Morgan fingerprint density at radius 2 is 2.29 bits per heavy atom. The smallest absolute Gasteiger partial charge is 0.234 e. The van der Waals surface area contributed by atoms with Crippen LogP contribution >= 0.6 is 0 Å². The molecular weight excluding hydrogens is 184 g/mol. The fourth-order valence-electron chi connectivity index (χ4n) is 1.90. The first-order valence-electron chi connectivity index (χ1n) is 4.13. The fraction of sp³-hybridized carbons (Fsp3) is 0.250. The molecule has 3 aliphatic heterocycles. The van der Waals surface area contributed by atoms with Crippen molar-refractivity contribution in [2.45, 2.75) is 11.4 Å². The summed E-state index contributed by atoms with van der Waals surface area (Å²) in [6.45, 7) is 0. The first-order valence-corrected chi connectivity index (χ1v) is 4.13. The van der Waals surface area contributed by atoms with Crippen LogP contribution in [0.3, 0.4) is 0 Å². The van der Waals surface area contributed by atoms with Crippen LogP contribution in [0.1, 0.15) is 0 Å². The number of nitrogens with one attached hydrogen (secondary N) is 1. The Bertz CT molecular complexity index is 410. The van der Waals surface area contributed by atoms with Gasteiger partial charge in [-0.05, 0) is 6.08 Å². The molecule has 0 aromatic heterocycles. The monoisotopic (exact) mass is 192 g/mol. The van der Waals surface area contributed by atoms with Crippen molar-refractivity contribution in [1.82, 2.24) is 10.2 Å². The maximum Gasteiger partial charge on any atom is 0.234 e. The third kappa shape index (κ3) is 0.614. The third-order valence-electron chi connectivity index (χ3n) is 2.62. The van der Waals surface area contributed by atoms with E-state index in [4.69, 9.17) is 0 Å². The summed E-state index contributed by atoms with van der Waals surface area (Å²) in [5, 5.41) is 22.5. The molecule has 0 aromatic rings. The van der Waals surface area contributed by atoms with Crippen molar-refractivity contribution in [3.05, 3.63) is 24.2 Å². The number of nitrogens with zero attached hydrogens (tertiary/aromatic N) is 3. The molecule has 14 heavy (non-hydrogen) atoms. The van der Waals surface area contributed by atoms with Gasteiger partial charge in [0.05, 0.1) is 18.9 Å². The van der Waals surface area contributed by atoms with E-state index in [2.05, 4.69) is 15.3 Å². The van der Waals surface area contributed by atoms with Gasteiger partial charge in [-0.25, -0.2) is 9.98 Å². The molecule has 6 nitrogen and oxygen atoms in total. The molecule has 0 saturated carbocycles. The SMILES string of the molecule is OC1(O)C=CN2C=NC=C3N=CNC321. The van der Waals surface area contributed by atoms with Crippen molar-refractivity contribution >= 4 is 12.7 Å². The summed E-state index contributed by atoms with van der Waals surface area (Å²) in [7, 11) is 0. The first-order chi connectivity index (χ1) is 6.67. The molecule has 0 radical (unpaired) electrons. The molecule has 1 atom stereocenters. The van der Waals surface area contributed by atoms with E-state index in [0.29, 0.717) is 5.70 Å². The summed E-state index contributed by atoms with van der Waals surface area (Å²) in [4.78, 5) is 9.51. The van der Waals surface area contributed by atoms with Crippen LogP contribution in [0.4, 0.5) is 0 Å². The lowest BCUT2D eigenvalue weighted by Crippen LogP contribution is -2.66. The van der Waals surface area contributed by atoms with Gasteiger partial charge in [-0.15, -0.1) is 0 Å². The Morgan fingerprint density at radius 1 is 1.43 bits per heavy atom. The third-order valence-corrected chi connectivity index (χ3v) is 2.62. The Morgan fingerprint density at radius 3 is 3.14 bits per heavy atom. The molecule has 3 N–H and O–H groups in total. The van der Waals surface area contributed by atoms with E-state index in [1.54, 1.807) is 11.1 Å². The fourth-order valence-corrected chi connectivity index (χ4v) is 1.90. The molecule has 1 spiro atoms. The number of hydrogen-bond acceptors (Lipinski definition) is 6. The van der Waals surface area contributed by atoms with Gasteiger partial charge < -0.3 is 20.4 Å². The zero-order chi connectivity index (χ0) is 9.81. The minimum atomic E-state index is -1.98. The van der Waals surface area contributed by atoms with E-state index < -0.39 is 11.4 Å². The van der Waals surface area contributed by atoms with Crippen LogP contribution in [0, 0.1) is 0 Å².